The lowest BCUT2D eigenvalue weighted by Gasteiger charge is -2.33. The molecule has 0 radical (unpaired) electrons. The van der Waals surface area contributed by atoms with Crippen LogP contribution in [0.5, 0.6) is 0 Å². The maximum Gasteiger partial charge on any atom is 0.212 e. The molecule has 0 saturated heterocycles. The molecule has 1 aromatic rings. The molecule has 1 aromatic carbocycles. The average Bonchev–Trinajstić information content (AvgIpc) is 2.33. The minimum atomic E-state index is -2.24. The van der Waals surface area contributed by atoms with Gasteiger partial charge in [-0.2, -0.15) is 0 Å². The largest absolute Gasteiger partial charge is 0.360 e. The highest BCUT2D eigenvalue weighted by Crippen LogP contribution is 2.42. The average molecular weight is 292 g/mol. The molecule has 0 saturated carbocycles. The van der Waals surface area contributed by atoms with E-state index in [1.807, 2.05) is 6.07 Å². The molecule has 2 nitrogen and oxygen atoms in total. The summed E-state index contributed by atoms with van der Waals surface area (Å²) in [5.41, 5.74) is 0.859. The summed E-state index contributed by atoms with van der Waals surface area (Å²) in [6.07, 6.45) is 1.41. The zero-order valence-electron chi connectivity index (χ0n) is 8.57. The van der Waals surface area contributed by atoms with Gasteiger partial charge in [-0.15, -0.1) is 11.6 Å². The van der Waals surface area contributed by atoms with Gasteiger partial charge in [0.05, 0.1) is 10.1 Å². The summed E-state index contributed by atoms with van der Waals surface area (Å²) in [6, 6.07) is 8.86. The molecule has 90 valence electrons. The summed E-state index contributed by atoms with van der Waals surface area (Å²) in [4.78, 5) is 0. The van der Waals surface area contributed by atoms with Crippen molar-refractivity contribution in [2.24, 2.45) is 0 Å². The van der Waals surface area contributed by atoms with E-state index in [9.17, 15) is 10.2 Å². The third kappa shape index (κ3) is 2.24. The van der Waals surface area contributed by atoms with Gasteiger partial charge in [-0.3, -0.25) is 0 Å². The molecule has 2 N–H and O–H groups in total. The van der Waals surface area contributed by atoms with Crippen molar-refractivity contribution in [3.63, 3.8) is 0 Å². The normalized spacial score (nSPS) is 23.6. The Morgan fingerprint density at radius 2 is 1.65 bits per heavy atom. The zero-order chi connectivity index (χ0) is 12.6. The standard InChI is InChI=1S/C12H9Cl3O2/c13-9-6-8(7-4-2-1-3-5-7)12(16,17)11(15)10(9)14/h1-6,11,16-17H. The van der Waals surface area contributed by atoms with E-state index in [2.05, 4.69) is 0 Å². The SMILES string of the molecule is OC1(O)C(c2ccccc2)=CC(Cl)=C(Cl)C1Cl. The summed E-state index contributed by atoms with van der Waals surface area (Å²) >= 11 is 17.6. The lowest BCUT2D eigenvalue weighted by Crippen LogP contribution is -2.42. The Balaban J connectivity index is 2.57. The molecule has 0 heterocycles. The van der Waals surface area contributed by atoms with Crippen LogP contribution in [0.25, 0.3) is 5.57 Å². The maximum absolute atomic E-state index is 10.0. The number of benzene rings is 1. The Kier molecular flexibility index (Phi) is 3.53. The van der Waals surface area contributed by atoms with Crippen molar-refractivity contribution >= 4 is 40.4 Å². The lowest BCUT2D eigenvalue weighted by atomic mass is 9.91. The fourth-order valence-corrected chi connectivity index (χ4v) is 2.37. The van der Waals surface area contributed by atoms with Crippen LogP contribution in [0.2, 0.25) is 0 Å². The van der Waals surface area contributed by atoms with E-state index in [4.69, 9.17) is 34.8 Å². The highest BCUT2D eigenvalue weighted by Gasteiger charge is 2.43. The number of aliphatic hydroxyl groups is 2. The predicted molar refractivity (Wildman–Crippen MR) is 70.0 cm³/mol. The molecule has 17 heavy (non-hydrogen) atoms. The Morgan fingerprint density at radius 3 is 2.24 bits per heavy atom. The van der Waals surface area contributed by atoms with Gasteiger partial charge in [-0.25, -0.2) is 0 Å². The molecule has 1 aliphatic carbocycles. The predicted octanol–water partition coefficient (Wildman–Crippen LogP) is 3.06. The number of hydrogen-bond acceptors (Lipinski definition) is 2. The molecule has 1 aliphatic rings. The highest BCUT2D eigenvalue weighted by atomic mass is 35.5. The van der Waals surface area contributed by atoms with Gasteiger partial charge in [0.15, 0.2) is 0 Å². The minimum Gasteiger partial charge on any atom is -0.360 e. The van der Waals surface area contributed by atoms with Gasteiger partial charge in [0.25, 0.3) is 0 Å². The molecule has 0 amide bonds. The third-order valence-corrected chi connectivity index (χ3v) is 4.02. The van der Waals surface area contributed by atoms with Gasteiger partial charge in [-0.1, -0.05) is 53.5 Å². The summed E-state index contributed by atoms with van der Waals surface area (Å²) < 4.78 is 0. The van der Waals surface area contributed by atoms with Crippen LogP contribution in [0, 0.1) is 0 Å². The van der Waals surface area contributed by atoms with Gasteiger partial charge in [0.2, 0.25) is 5.79 Å². The van der Waals surface area contributed by atoms with Crippen molar-refractivity contribution in [1.29, 1.82) is 0 Å². The molecular formula is C12H9Cl3O2. The van der Waals surface area contributed by atoms with Gasteiger partial charge < -0.3 is 10.2 Å². The van der Waals surface area contributed by atoms with Crippen LogP contribution in [-0.2, 0) is 0 Å². The fraction of sp³-hybridized carbons (Fsp3) is 0.167. The van der Waals surface area contributed by atoms with E-state index in [1.165, 1.54) is 6.08 Å². The molecule has 0 aromatic heterocycles. The number of rotatable bonds is 1. The number of alkyl halides is 1. The van der Waals surface area contributed by atoms with E-state index in [0.29, 0.717) is 5.56 Å². The van der Waals surface area contributed by atoms with Crippen LogP contribution in [-0.4, -0.2) is 21.4 Å². The summed E-state index contributed by atoms with van der Waals surface area (Å²) in [5, 5.41) is 19.1. The number of allylic oxidation sites excluding steroid dienone is 2. The smallest absolute Gasteiger partial charge is 0.212 e. The molecule has 5 heteroatoms. The lowest BCUT2D eigenvalue weighted by molar-refractivity contribution is -0.103. The summed E-state index contributed by atoms with van der Waals surface area (Å²) in [6.45, 7) is 0. The van der Waals surface area contributed by atoms with Crippen LogP contribution < -0.4 is 0 Å². The van der Waals surface area contributed by atoms with Gasteiger partial charge >= 0.3 is 0 Å². The first kappa shape index (κ1) is 12.9. The molecule has 2 rings (SSSR count). The van der Waals surface area contributed by atoms with E-state index in [-0.39, 0.29) is 15.6 Å². The van der Waals surface area contributed by atoms with Crippen molar-refractivity contribution in [1.82, 2.24) is 0 Å². The minimum absolute atomic E-state index is 0.0259. The third-order valence-electron chi connectivity index (χ3n) is 2.56. The maximum atomic E-state index is 10.0. The summed E-state index contributed by atoms with van der Waals surface area (Å²) in [5.74, 6) is -2.24. The molecule has 1 atom stereocenters. The molecule has 0 fully saturated rings. The molecular weight excluding hydrogens is 282 g/mol. The van der Waals surface area contributed by atoms with Gasteiger partial charge in [0, 0.05) is 5.57 Å². The fourth-order valence-electron chi connectivity index (χ4n) is 1.65. The Hall–Kier alpha value is -0.510. The second-order valence-electron chi connectivity index (χ2n) is 3.71. The Morgan fingerprint density at radius 1 is 1.06 bits per heavy atom. The number of halogens is 3. The first-order valence-corrected chi connectivity index (χ1v) is 6.05. The Bertz CT molecular complexity index is 492. The topological polar surface area (TPSA) is 40.5 Å². The van der Waals surface area contributed by atoms with Crippen molar-refractivity contribution in [2.75, 3.05) is 0 Å². The second-order valence-corrected chi connectivity index (χ2v) is 4.96. The van der Waals surface area contributed by atoms with Crippen molar-refractivity contribution in [2.45, 2.75) is 11.2 Å². The van der Waals surface area contributed by atoms with Gasteiger partial charge in [-0.05, 0) is 11.6 Å². The van der Waals surface area contributed by atoms with Crippen molar-refractivity contribution in [3.05, 3.63) is 52.0 Å². The molecule has 0 aliphatic heterocycles. The van der Waals surface area contributed by atoms with Crippen LogP contribution in [0.3, 0.4) is 0 Å². The second kappa shape index (κ2) is 4.63. The molecule has 0 spiro atoms. The Labute approximate surface area is 114 Å². The van der Waals surface area contributed by atoms with Crippen LogP contribution in [0.15, 0.2) is 46.5 Å². The quantitative estimate of drug-likeness (QED) is 0.617. The van der Waals surface area contributed by atoms with E-state index >= 15 is 0 Å². The monoisotopic (exact) mass is 290 g/mol. The molecule has 1 unspecified atom stereocenters. The van der Waals surface area contributed by atoms with Gasteiger partial charge in [0.1, 0.15) is 5.38 Å². The molecule has 0 bridgehead atoms. The first-order valence-electron chi connectivity index (χ1n) is 4.86. The van der Waals surface area contributed by atoms with Crippen LogP contribution in [0.1, 0.15) is 5.56 Å². The number of hydrogen-bond donors (Lipinski definition) is 2. The van der Waals surface area contributed by atoms with Crippen LogP contribution >= 0.6 is 34.8 Å². The van der Waals surface area contributed by atoms with E-state index in [1.54, 1.807) is 24.3 Å². The van der Waals surface area contributed by atoms with Crippen molar-refractivity contribution < 1.29 is 10.2 Å². The zero-order valence-corrected chi connectivity index (χ0v) is 10.8. The van der Waals surface area contributed by atoms with Crippen molar-refractivity contribution in [3.8, 4) is 0 Å². The highest BCUT2D eigenvalue weighted by molar-refractivity contribution is 6.45. The van der Waals surface area contributed by atoms with E-state index < -0.39 is 11.2 Å². The summed E-state index contributed by atoms with van der Waals surface area (Å²) in [7, 11) is 0. The van der Waals surface area contributed by atoms with Crippen LogP contribution in [0.4, 0.5) is 0 Å². The first-order chi connectivity index (χ1) is 7.94. The van der Waals surface area contributed by atoms with E-state index in [0.717, 1.165) is 0 Å².